The standard InChI is InChI=1S/C8H11F3N4/c1-3-5(2)15(6(13)4-12)7(14)8(9,10)11/h4,12-14H,2-3H2,1H3. The highest BCUT2D eigenvalue weighted by Gasteiger charge is 2.40. The van der Waals surface area contributed by atoms with Crippen molar-refractivity contribution in [1.29, 1.82) is 16.2 Å². The molecular formula is C8H11F3N4. The van der Waals surface area contributed by atoms with Crippen molar-refractivity contribution >= 4 is 17.9 Å². The number of hydrogen-bond donors (Lipinski definition) is 3. The van der Waals surface area contributed by atoms with Gasteiger partial charge in [0.2, 0.25) is 5.84 Å². The zero-order chi connectivity index (χ0) is 12.2. The Morgan fingerprint density at radius 1 is 1.40 bits per heavy atom. The summed E-state index contributed by atoms with van der Waals surface area (Å²) in [5.41, 5.74) is -0.0502. The fraction of sp³-hybridized carbons (Fsp3) is 0.375. The fourth-order valence-electron chi connectivity index (χ4n) is 0.798. The summed E-state index contributed by atoms with van der Waals surface area (Å²) >= 11 is 0. The molecule has 0 aliphatic carbocycles. The van der Waals surface area contributed by atoms with E-state index >= 15 is 0 Å². The Kier molecular flexibility index (Phi) is 4.20. The molecular weight excluding hydrogens is 209 g/mol. The van der Waals surface area contributed by atoms with Crippen molar-refractivity contribution in [2.24, 2.45) is 0 Å². The molecule has 0 radical (unpaired) electrons. The van der Waals surface area contributed by atoms with Gasteiger partial charge in [0.05, 0.1) is 6.21 Å². The molecule has 4 nitrogen and oxygen atoms in total. The van der Waals surface area contributed by atoms with Crippen molar-refractivity contribution in [1.82, 2.24) is 4.90 Å². The van der Waals surface area contributed by atoms with E-state index in [4.69, 9.17) is 16.2 Å². The number of allylic oxidation sites excluding steroid dienone is 1. The third kappa shape index (κ3) is 3.19. The van der Waals surface area contributed by atoms with Crippen LogP contribution in [0.3, 0.4) is 0 Å². The predicted octanol–water partition coefficient (Wildman–Crippen LogP) is 2.38. The maximum atomic E-state index is 12.2. The number of amidine groups is 2. The van der Waals surface area contributed by atoms with Gasteiger partial charge in [-0.3, -0.25) is 15.7 Å². The van der Waals surface area contributed by atoms with Crippen LogP contribution in [0.4, 0.5) is 13.2 Å². The highest BCUT2D eigenvalue weighted by molar-refractivity contribution is 6.31. The third-order valence-electron chi connectivity index (χ3n) is 1.59. The van der Waals surface area contributed by atoms with E-state index in [0.29, 0.717) is 11.1 Å². The van der Waals surface area contributed by atoms with Crippen LogP contribution in [-0.2, 0) is 0 Å². The lowest BCUT2D eigenvalue weighted by Crippen LogP contribution is -2.43. The first-order chi connectivity index (χ1) is 6.75. The Hall–Kier alpha value is -1.66. The third-order valence-corrected chi connectivity index (χ3v) is 1.59. The summed E-state index contributed by atoms with van der Waals surface area (Å²) in [6.45, 7) is 4.87. The molecule has 3 N–H and O–H groups in total. The van der Waals surface area contributed by atoms with Crippen LogP contribution in [0, 0.1) is 16.2 Å². The van der Waals surface area contributed by atoms with Crippen LogP contribution in [0.15, 0.2) is 12.3 Å². The first kappa shape index (κ1) is 13.3. The Morgan fingerprint density at radius 2 is 1.87 bits per heavy atom. The van der Waals surface area contributed by atoms with E-state index in [2.05, 4.69) is 6.58 Å². The van der Waals surface area contributed by atoms with E-state index in [9.17, 15) is 13.2 Å². The summed E-state index contributed by atoms with van der Waals surface area (Å²) in [6.07, 6.45) is -4.26. The molecule has 84 valence electrons. The first-order valence-electron chi connectivity index (χ1n) is 3.98. The molecule has 0 spiro atoms. The Morgan fingerprint density at radius 3 is 2.13 bits per heavy atom. The maximum Gasteiger partial charge on any atom is 0.449 e. The van der Waals surface area contributed by atoms with Crippen molar-refractivity contribution in [3.63, 3.8) is 0 Å². The SMILES string of the molecule is C=C(CC)N(C(=N)C=N)C(=N)C(F)(F)F. The van der Waals surface area contributed by atoms with Gasteiger partial charge >= 0.3 is 6.18 Å². The molecule has 0 saturated carbocycles. The van der Waals surface area contributed by atoms with Gasteiger partial charge in [-0.05, 0) is 6.42 Å². The molecule has 0 atom stereocenters. The highest BCUT2D eigenvalue weighted by atomic mass is 19.4. The minimum absolute atomic E-state index is 0.0502. The van der Waals surface area contributed by atoms with Crippen LogP contribution in [0.1, 0.15) is 13.3 Å². The normalized spacial score (nSPS) is 10.7. The average molecular weight is 220 g/mol. The topological polar surface area (TPSA) is 74.8 Å². The molecule has 0 aromatic heterocycles. The monoisotopic (exact) mass is 220 g/mol. The molecule has 0 fully saturated rings. The van der Waals surface area contributed by atoms with Crippen molar-refractivity contribution in [2.45, 2.75) is 19.5 Å². The molecule has 0 aliphatic rings. The van der Waals surface area contributed by atoms with Gasteiger partial charge in [0, 0.05) is 5.70 Å². The molecule has 0 bridgehead atoms. The molecule has 0 heterocycles. The molecule has 0 aliphatic heterocycles. The van der Waals surface area contributed by atoms with E-state index in [1.54, 1.807) is 6.92 Å². The smallest absolute Gasteiger partial charge is 0.305 e. The molecule has 0 rings (SSSR count). The zero-order valence-corrected chi connectivity index (χ0v) is 8.07. The minimum Gasteiger partial charge on any atom is -0.305 e. The number of hydrogen-bond acceptors (Lipinski definition) is 3. The van der Waals surface area contributed by atoms with Crippen molar-refractivity contribution in [2.75, 3.05) is 0 Å². The molecule has 0 aromatic rings. The summed E-state index contributed by atoms with van der Waals surface area (Å²) < 4.78 is 36.6. The molecule has 7 heteroatoms. The molecule has 0 unspecified atom stereocenters. The number of rotatable bonds is 3. The van der Waals surface area contributed by atoms with Gasteiger partial charge in [0.25, 0.3) is 0 Å². The molecule has 0 amide bonds. The lowest BCUT2D eigenvalue weighted by atomic mass is 10.3. The summed E-state index contributed by atoms with van der Waals surface area (Å²) in [5.74, 6) is -2.44. The maximum absolute atomic E-state index is 12.2. The van der Waals surface area contributed by atoms with Crippen LogP contribution < -0.4 is 0 Å². The van der Waals surface area contributed by atoms with Gasteiger partial charge in [0.15, 0.2) is 0 Å². The molecule has 0 saturated heterocycles. The Bertz CT molecular complexity index is 305. The van der Waals surface area contributed by atoms with E-state index in [0.717, 1.165) is 0 Å². The number of halogens is 3. The summed E-state index contributed by atoms with van der Waals surface area (Å²) in [4.78, 5) is 0.299. The first-order valence-corrected chi connectivity index (χ1v) is 3.98. The van der Waals surface area contributed by atoms with Crippen LogP contribution in [0.2, 0.25) is 0 Å². The number of nitrogens with one attached hydrogen (secondary N) is 3. The van der Waals surface area contributed by atoms with E-state index in [1.165, 1.54) is 0 Å². The Labute approximate surface area is 84.9 Å². The van der Waals surface area contributed by atoms with Crippen molar-refractivity contribution in [3.05, 3.63) is 12.3 Å². The van der Waals surface area contributed by atoms with Gasteiger partial charge in [-0.1, -0.05) is 13.5 Å². The lowest BCUT2D eigenvalue weighted by Gasteiger charge is -2.25. The summed E-state index contributed by atoms with van der Waals surface area (Å²) in [7, 11) is 0. The summed E-state index contributed by atoms with van der Waals surface area (Å²) in [6, 6.07) is 0. The van der Waals surface area contributed by atoms with Gasteiger partial charge in [-0.25, -0.2) is 0 Å². The second-order valence-electron chi connectivity index (χ2n) is 2.63. The largest absolute Gasteiger partial charge is 0.449 e. The second kappa shape index (κ2) is 4.72. The van der Waals surface area contributed by atoms with Crippen LogP contribution in [-0.4, -0.2) is 29.0 Å². The average Bonchev–Trinajstić information content (AvgIpc) is 2.15. The molecule has 15 heavy (non-hydrogen) atoms. The minimum atomic E-state index is -4.85. The number of nitrogens with zero attached hydrogens (tertiary/aromatic N) is 1. The molecule has 0 aromatic carbocycles. The van der Waals surface area contributed by atoms with Crippen LogP contribution >= 0.6 is 0 Å². The lowest BCUT2D eigenvalue weighted by molar-refractivity contribution is -0.0659. The van der Waals surface area contributed by atoms with Crippen LogP contribution in [0.5, 0.6) is 0 Å². The van der Waals surface area contributed by atoms with Crippen molar-refractivity contribution in [3.8, 4) is 0 Å². The van der Waals surface area contributed by atoms with E-state index < -0.39 is 17.8 Å². The fourth-order valence-corrected chi connectivity index (χ4v) is 0.798. The van der Waals surface area contributed by atoms with Gasteiger partial charge in [0.1, 0.15) is 5.84 Å². The van der Waals surface area contributed by atoms with E-state index in [-0.39, 0.29) is 12.1 Å². The van der Waals surface area contributed by atoms with Gasteiger partial charge in [-0.15, -0.1) is 0 Å². The Balaban J connectivity index is 5.13. The quantitative estimate of drug-likeness (QED) is 0.495. The summed E-state index contributed by atoms with van der Waals surface area (Å²) in [5, 5.41) is 20.7. The second-order valence-corrected chi connectivity index (χ2v) is 2.63. The number of alkyl halides is 3. The highest BCUT2D eigenvalue weighted by Crippen LogP contribution is 2.22. The van der Waals surface area contributed by atoms with Crippen molar-refractivity contribution < 1.29 is 13.2 Å². The van der Waals surface area contributed by atoms with Gasteiger partial charge in [-0.2, -0.15) is 13.2 Å². The predicted molar refractivity (Wildman–Crippen MR) is 51.6 cm³/mol. The van der Waals surface area contributed by atoms with Crippen LogP contribution in [0.25, 0.3) is 0 Å². The van der Waals surface area contributed by atoms with Gasteiger partial charge < -0.3 is 5.41 Å². The zero-order valence-electron chi connectivity index (χ0n) is 8.07. The van der Waals surface area contributed by atoms with E-state index in [1.807, 2.05) is 0 Å².